The molecule has 76 valence electrons. The molecule has 2 heteroatoms. The van der Waals surface area contributed by atoms with Crippen molar-refractivity contribution in [2.75, 3.05) is 0 Å². The van der Waals surface area contributed by atoms with Gasteiger partial charge in [-0.2, -0.15) is 0 Å². The zero-order valence-electron chi connectivity index (χ0n) is 9.09. The first-order chi connectivity index (χ1) is 6.06. The minimum absolute atomic E-state index is 0.0253. The number of unbranched alkanes of at least 4 members (excludes halogenated alkanes) is 1. The van der Waals surface area contributed by atoms with Crippen molar-refractivity contribution in [2.24, 2.45) is 0 Å². The fourth-order valence-corrected chi connectivity index (χ4v) is 0.995. The van der Waals surface area contributed by atoms with Crippen LogP contribution in [0.4, 0.5) is 0 Å². The molecule has 13 heavy (non-hydrogen) atoms. The molecule has 0 aliphatic carbocycles. The van der Waals surface area contributed by atoms with Crippen LogP contribution in [0.5, 0.6) is 0 Å². The lowest BCUT2D eigenvalue weighted by Crippen LogP contribution is -2.08. The topological polar surface area (TPSA) is 26.3 Å². The summed E-state index contributed by atoms with van der Waals surface area (Å²) in [7, 11) is 0. The minimum atomic E-state index is -0.219. The first-order valence-electron chi connectivity index (χ1n) is 4.94. The van der Waals surface area contributed by atoms with Gasteiger partial charge in [-0.3, -0.25) is 0 Å². The highest BCUT2D eigenvalue weighted by Crippen LogP contribution is 2.06. The Kier molecular flexibility index (Phi) is 6.29. The van der Waals surface area contributed by atoms with Crippen LogP contribution in [0.15, 0.2) is 11.6 Å². The molecule has 0 atom stereocenters. The first kappa shape index (κ1) is 12.2. The fraction of sp³-hybridized carbons (Fsp3) is 0.727. The lowest BCUT2D eigenvalue weighted by molar-refractivity contribution is -0.141. The number of allylic oxidation sites excluding steroid dienone is 1. The SMILES string of the molecule is CCCC/C(C)=C/C(=O)OC(C)C. The Hall–Kier alpha value is -0.790. The van der Waals surface area contributed by atoms with Gasteiger partial charge >= 0.3 is 5.97 Å². The van der Waals surface area contributed by atoms with Crippen LogP contribution in [0.3, 0.4) is 0 Å². The van der Waals surface area contributed by atoms with Crippen molar-refractivity contribution in [1.82, 2.24) is 0 Å². The molecule has 0 aromatic rings. The van der Waals surface area contributed by atoms with Crippen molar-refractivity contribution in [3.63, 3.8) is 0 Å². The molecule has 0 aromatic heterocycles. The van der Waals surface area contributed by atoms with E-state index in [1.165, 1.54) is 0 Å². The number of hydrogen-bond donors (Lipinski definition) is 0. The molecule has 0 radical (unpaired) electrons. The van der Waals surface area contributed by atoms with Gasteiger partial charge < -0.3 is 4.74 Å². The van der Waals surface area contributed by atoms with E-state index in [4.69, 9.17) is 4.74 Å². The van der Waals surface area contributed by atoms with E-state index in [2.05, 4.69) is 6.92 Å². The quantitative estimate of drug-likeness (QED) is 0.485. The van der Waals surface area contributed by atoms with Gasteiger partial charge in [-0.05, 0) is 33.6 Å². The summed E-state index contributed by atoms with van der Waals surface area (Å²) in [6.07, 6.45) is 4.85. The summed E-state index contributed by atoms with van der Waals surface area (Å²) in [5.74, 6) is -0.219. The molecule has 0 heterocycles. The Bertz CT molecular complexity index is 181. The maximum Gasteiger partial charge on any atom is 0.330 e. The molecule has 2 nitrogen and oxygen atoms in total. The molecule has 0 saturated heterocycles. The van der Waals surface area contributed by atoms with Crippen molar-refractivity contribution in [3.05, 3.63) is 11.6 Å². The average Bonchev–Trinajstić information content (AvgIpc) is 1.98. The third-order valence-corrected chi connectivity index (χ3v) is 1.64. The zero-order valence-corrected chi connectivity index (χ0v) is 9.09. The second-order valence-corrected chi connectivity index (χ2v) is 3.58. The van der Waals surface area contributed by atoms with Crippen LogP contribution in [0.2, 0.25) is 0 Å². The maximum absolute atomic E-state index is 11.1. The standard InChI is InChI=1S/C11H20O2/c1-5-6-7-10(4)8-11(12)13-9(2)3/h8-9H,5-7H2,1-4H3/b10-8+. The van der Waals surface area contributed by atoms with Gasteiger partial charge in [0.25, 0.3) is 0 Å². The van der Waals surface area contributed by atoms with Crippen molar-refractivity contribution in [3.8, 4) is 0 Å². The van der Waals surface area contributed by atoms with Crippen molar-refractivity contribution in [1.29, 1.82) is 0 Å². The van der Waals surface area contributed by atoms with Crippen molar-refractivity contribution >= 4 is 5.97 Å². The number of ether oxygens (including phenoxy) is 1. The van der Waals surface area contributed by atoms with E-state index in [1.807, 2.05) is 20.8 Å². The molecular formula is C11H20O2. The van der Waals surface area contributed by atoms with Crippen LogP contribution in [0, 0.1) is 0 Å². The summed E-state index contributed by atoms with van der Waals surface area (Å²) < 4.78 is 4.99. The fourth-order valence-electron chi connectivity index (χ4n) is 0.995. The normalized spacial score (nSPS) is 11.9. The Morgan fingerprint density at radius 2 is 2.08 bits per heavy atom. The summed E-state index contributed by atoms with van der Waals surface area (Å²) in [5, 5.41) is 0. The lowest BCUT2D eigenvalue weighted by atomic mass is 10.1. The molecule has 0 amide bonds. The highest BCUT2D eigenvalue weighted by atomic mass is 16.5. The number of carbonyl (C=O) groups is 1. The van der Waals surface area contributed by atoms with E-state index in [1.54, 1.807) is 6.08 Å². The molecule has 0 aliphatic heterocycles. The van der Waals surface area contributed by atoms with Gasteiger partial charge in [0.1, 0.15) is 0 Å². The minimum Gasteiger partial charge on any atom is -0.460 e. The molecule has 0 rings (SSSR count). The van der Waals surface area contributed by atoms with E-state index >= 15 is 0 Å². The Morgan fingerprint density at radius 3 is 2.54 bits per heavy atom. The summed E-state index contributed by atoms with van der Waals surface area (Å²) in [5.41, 5.74) is 1.10. The van der Waals surface area contributed by atoms with E-state index in [-0.39, 0.29) is 12.1 Å². The molecule has 0 unspecified atom stereocenters. The van der Waals surface area contributed by atoms with Crippen LogP contribution in [0.1, 0.15) is 47.0 Å². The van der Waals surface area contributed by atoms with Gasteiger partial charge in [0.05, 0.1) is 6.10 Å². The van der Waals surface area contributed by atoms with Crippen LogP contribution < -0.4 is 0 Å². The smallest absolute Gasteiger partial charge is 0.330 e. The van der Waals surface area contributed by atoms with Crippen molar-refractivity contribution in [2.45, 2.75) is 53.1 Å². The van der Waals surface area contributed by atoms with Crippen LogP contribution in [-0.2, 0) is 9.53 Å². The van der Waals surface area contributed by atoms with Crippen LogP contribution >= 0.6 is 0 Å². The van der Waals surface area contributed by atoms with Gasteiger partial charge in [-0.25, -0.2) is 4.79 Å². The monoisotopic (exact) mass is 184 g/mol. The van der Waals surface area contributed by atoms with Crippen LogP contribution in [-0.4, -0.2) is 12.1 Å². The van der Waals surface area contributed by atoms with E-state index < -0.39 is 0 Å². The number of rotatable bonds is 5. The van der Waals surface area contributed by atoms with Crippen LogP contribution in [0.25, 0.3) is 0 Å². The lowest BCUT2D eigenvalue weighted by Gasteiger charge is -2.05. The number of hydrogen-bond acceptors (Lipinski definition) is 2. The molecule has 0 saturated carbocycles. The average molecular weight is 184 g/mol. The Labute approximate surface area is 81.0 Å². The predicted octanol–water partition coefficient (Wildman–Crippen LogP) is 3.07. The second-order valence-electron chi connectivity index (χ2n) is 3.58. The molecule has 0 aromatic carbocycles. The van der Waals surface area contributed by atoms with Gasteiger partial charge in [0, 0.05) is 6.08 Å². The molecule has 0 spiro atoms. The molecule has 0 aliphatic rings. The largest absolute Gasteiger partial charge is 0.460 e. The van der Waals surface area contributed by atoms with Gasteiger partial charge in [-0.15, -0.1) is 0 Å². The van der Waals surface area contributed by atoms with Gasteiger partial charge in [0.2, 0.25) is 0 Å². The van der Waals surface area contributed by atoms with E-state index in [0.29, 0.717) is 0 Å². The Balaban J connectivity index is 3.84. The van der Waals surface area contributed by atoms with E-state index in [9.17, 15) is 4.79 Å². The third-order valence-electron chi connectivity index (χ3n) is 1.64. The summed E-state index contributed by atoms with van der Waals surface area (Å²) in [4.78, 5) is 11.1. The highest BCUT2D eigenvalue weighted by Gasteiger charge is 2.01. The maximum atomic E-state index is 11.1. The predicted molar refractivity (Wildman–Crippen MR) is 54.5 cm³/mol. The first-order valence-corrected chi connectivity index (χ1v) is 4.94. The second kappa shape index (κ2) is 6.70. The summed E-state index contributed by atoms with van der Waals surface area (Å²) >= 11 is 0. The molecule has 0 fully saturated rings. The number of esters is 1. The van der Waals surface area contributed by atoms with Crippen molar-refractivity contribution < 1.29 is 9.53 Å². The summed E-state index contributed by atoms with van der Waals surface area (Å²) in [6, 6.07) is 0. The Morgan fingerprint density at radius 1 is 1.46 bits per heavy atom. The molecule has 0 N–H and O–H groups in total. The van der Waals surface area contributed by atoms with Gasteiger partial charge in [-0.1, -0.05) is 18.9 Å². The third kappa shape index (κ3) is 7.57. The molecular weight excluding hydrogens is 164 g/mol. The zero-order chi connectivity index (χ0) is 10.3. The van der Waals surface area contributed by atoms with Gasteiger partial charge in [0.15, 0.2) is 0 Å². The summed E-state index contributed by atoms with van der Waals surface area (Å²) in [6.45, 7) is 7.82. The number of carbonyl (C=O) groups excluding carboxylic acids is 1. The molecule has 0 bridgehead atoms. The van der Waals surface area contributed by atoms with E-state index in [0.717, 1.165) is 24.8 Å². The highest BCUT2D eigenvalue weighted by molar-refractivity contribution is 5.82.